The summed E-state index contributed by atoms with van der Waals surface area (Å²) in [6, 6.07) is 6.52. The molecule has 0 spiro atoms. The number of benzene rings is 1. The molecule has 2 aromatic heterocycles. The number of hydrogen-bond donors (Lipinski definition) is 1. The third kappa shape index (κ3) is 3.12. The van der Waals surface area contributed by atoms with Crippen molar-refractivity contribution in [1.29, 1.82) is 0 Å². The molecule has 3 aromatic rings. The van der Waals surface area contributed by atoms with E-state index in [-0.39, 0.29) is 11.9 Å². The van der Waals surface area contributed by atoms with Crippen molar-refractivity contribution in [2.45, 2.75) is 25.5 Å². The molecule has 0 amide bonds. The first-order chi connectivity index (χ1) is 12.2. The number of fused-ring (bicyclic) bond motifs is 2. The van der Waals surface area contributed by atoms with E-state index in [9.17, 15) is 4.39 Å². The molecule has 130 valence electrons. The standard InChI is InChI=1S/C17H18FN5O2/c1-24-9-12-8-16(23-17(21-12)19-10-20-23)22-14-3-2-6-25-15-7-11(18)4-5-13(14)15/h4-5,7-8,10,14,22H,2-3,6,9H2,1H3/t14-/m0/s1. The minimum absolute atomic E-state index is 0.0247. The number of anilines is 1. The first kappa shape index (κ1) is 15.8. The fourth-order valence-electron chi connectivity index (χ4n) is 3.06. The van der Waals surface area contributed by atoms with Gasteiger partial charge in [0.1, 0.15) is 23.7 Å². The Hall–Kier alpha value is -2.74. The smallest absolute Gasteiger partial charge is 0.254 e. The maximum absolute atomic E-state index is 13.5. The number of rotatable bonds is 4. The maximum Gasteiger partial charge on any atom is 0.254 e. The molecule has 1 aromatic carbocycles. The second kappa shape index (κ2) is 6.64. The molecule has 0 unspecified atom stereocenters. The van der Waals surface area contributed by atoms with E-state index in [0.717, 1.165) is 29.9 Å². The first-order valence-corrected chi connectivity index (χ1v) is 8.12. The van der Waals surface area contributed by atoms with Crippen molar-refractivity contribution in [2.24, 2.45) is 0 Å². The van der Waals surface area contributed by atoms with Crippen LogP contribution in [-0.2, 0) is 11.3 Å². The summed E-state index contributed by atoms with van der Waals surface area (Å²) in [5.41, 5.74) is 1.69. The van der Waals surface area contributed by atoms with Gasteiger partial charge in [0.05, 0.1) is 24.9 Å². The Balaban J connectivity index is 1.72. The molecule has 0 saturated carbocycles. The first-order valence-electron chi connectivity index (χ1n) is 8.12. The minimum atomic E-state index is -0.302. The van der Waals surface area contributed by atoms with E-state index in [1.165, 1.54) is 18.5 Å². The van der Waals surface area contributed by atoms with Gasteiger partial charge in [0.2, 0.25) is 0 Å². The summed E-state index contributed by atoms with van der Waals surface area (Å²) in [7, 11) is 1.62. The van der Waals surface area contributed by atoms with Crippen molar-refractivity contribution in [3.05, 3.63) is 47.7 Å². The van der Waals surface area contributed by atoms with Gasteiger partial charge in [-0.2, -0.15) is 14.6 Å². The Kier molecular flexibility index (Phi) is 4.19. The Labute approximate surface area is 143 Å². The van der Waals surface area contributed by atoms with Crippen molar-refractivity contribution < 1.29 is 13.9 Å². The van der Waals surface area contributed by atoms with Gasteiger partial charge in [0.25, 0.3) is 5.78 Å². The zero-order valence-corrected chi connectivity index (χ0v) is 13.8. The fraction of sp³-hybridized carbons (Fsp3) is 0.353. The summed E-state index contributed by atoms with van der Waals surface area (Å²) in [6.07, 6.45) is 3.19. The van der Waals surface area contributed by atoms with Gasteiger partial charge in [0.15, 0.2) is 0 Å². The van der Waals surface area contributed by atoms with E-state index in [0.29, 0.717) is 24.7 Å². The van der Waals surface area contributed by atoms with Gasteiger partial charge in [-0.05, 0) is 18.9 Å². The quantitative estimate of drug-likeness (QED) is 0.785. The van der Waals surface area contributed by atoms with Gasteiger partial charge in [-0.25, -0.2) is 9.37 Å². The van der Waals surface area contributed by atoms with Gasteiger partial charge in [-0.1, -0.05) is 6.07 Å². The number of nitrogens with zero attached hydrogens (tertiary/aromatic N) is 4. The molecule has 25 heavy (non-hydrogen) atoms. The van der Waals surface area contributed by atoms with E-state index in [2.05, 4.69) is 20.4 Å². The van der Waals surface area contributed by atoms with Crippen LogP contribution in [0, 0.1) is 5.82 Å². The molecular weight excluding hydrogens is 325 g/mol. The number of methoxy groups -OCH3 is 1. The zero-order chi connectivity index (χ0) is 17.2. The predicted octanol–water partition coefficient (Wildman–Crippen LogP) is 2.74. The maximum atomic E-state index is 13.5. The van der Waals surface area contributed by atoms with E-state index < -0.39 is 0 Å². The van der Waals surface area contributed by atoms with E-state index in [4.69, 9.17) is 9.47 Å². The molecule has 1 aliphatic rings. The molecule has 4 rings (SSSR count). The average Bonchev–Trinajstić information content (AvgIpc) is 2.98. The van der Waals surface area contributed by atoms with Gasteiger partial charge < -0.3 is 14.8 Å². The van der Waals surface area contributed by atoms with Crippen LogP contribution in [0.3, 0.4) is 0 Å². The second-order valence-corrected chi connectivity index (χ2v) is 5.91. The highest BCUT2D eigenvalue weighted by molar-refractivity contribution is 5.49. The summed E-state index contributed by atoms with van der Waals surface area (Å²) in [6.45, 7) is 0.951. The van der Waals surface area contributed by atoms with Crippen molar-refractivity contribution in [2.75, 3.05) is 19.0 Å². The van der Waals surface area contributed by atoms with Crippen molar-refractivity contribution in [3.8, 4) is 5.75 Å². The van der Waals surface area contributed by atoms with Crippen LogP contribution in [0.2, 0.25) is 0 Å². The molecule has 0 fully saturated rings. The molecule has 7 nitrogen and oxygen atoms in total. The summed E-state index contributed by atoms with van der Waals surface area (Å²) >= 11 is 0. The van der Waals surface area contributed by atoms with Crippen LogP contribution in [0.4, 0.5) is 10.2 Å². The second-order valence-electron chi connectivity index (χ2n) is 5.91. The molecule has 1 N–H and O–H groups in total. The Bertz CT molecular complexity index is 898. The number of nitrogens with one attached hydrogen (secondary N) is 1. The summed E-state index contributed by atoms with van der Waals surface area (Å²) in [5, 5.41) is 7.71. The molecule has 0 aliphatic carbocycles. The van der Waals surface area contributed by atoms with Crippen LogP contribution in [0.5, 0.6) is 5.75 Å². The highest BCUT2D eigenvalue weighted by Gasteiger charge is 2.21. The van der Waals surface area contributed by atoms with Crippen molar-refractivity contribution >= 4 is 11.6 Å². The van der Waals surface area contributed by atoms with Crippen LogP contribution in [0.1, 0.15) is 30.1 Å². The van der Waals surface area contributed by atoms with Crippen LogP contribution in [-0.4, -0.2) is 33.3 Å². The SMILES string of the molecule is COCc1cc(N[C@H]2CCCOc3cc(F)ccc32)n2ncnc2n1. The number of ether oxygens (including phenoxy) is 2. The third-order valence-corrected chi connectivity index (χ3v) is 4.16. The largest absolute Gasteiger partial charge is 0.493 e. The molecular formula is C17H18FN5O2. The van der Waals surface area contributed by atoms with Crippen LogP contribution in [0.25, 0.3) is 5.78 Å². The van der Waals surface area contributed by atoms with Gasteiger partial charge in [0, 0.05) is 24.8 Å². The Morgan fingerprint density at radius 1 is 1.40 bits per heavy atom. The van der Waals surface area contributed by atoms with Gasteiger partial charge >= 0.3 is 0 Å². The molecule has 0 radical (unpaired) electrons. The molecule has 8 heteroatoms. The molecule has 0 saturated heterocycles. The molecule has 0 bridgehead atoms. The highest BCUT2D eigenvalue weighted by Crippen LogP contribution is 2.34. The fourth-order valence-corrected chi connectivity index (χ4v) is 3.06. The monoisotopic (exact) mass is 343 g/mol. The lowest BCUT2D eigenvalue weighted by atomic mass is 10.0. The topological polar surface area (TPSA) is 73.6 Å². The van der Waals surface area contributed by atoms with E-state index in [1.54, 1.807) is 17.7 Å². The van der Waals surface area contributed by atoms with Gasteiger partial charge in [-0.3, -0.25) is 0 Å². The van der Waals surface area contributed by atoms with Gasteiger partial charge in [-0.15, -0.1) is 0 Å². The van der Waals surface area contributed by atoms with E-state index >= 15 is 0 Å². The van der Waals surface area contributed by atoms with Crippen LogP contribution >= 0.6 is 0 Å². The van der Waals surface area contributed by atoms with Crippen molar-refractivity contribution in [3.63, 3.8) is 0 Å². The lowest BCUT2D eigenvalue weighted by molar-refractivity contribution is 0.181. The summed E-state index contributed by atoms with van der Waals surface area (Å²) in [4.78, 5) is 8.56. The normalized spacial score (nSPS) is 17.0. The van der Waals surface area contributed by atoms with Crippen molar-refractivity contribution in [1.82, 2.24) is 19.6 Å². The highest BCUT2D eigenvalue weighted by atomic mass is 19.1. The molecule has 1 atom stereocenters. The minimum Gasteiger partial charge on any atom is -0.493 e. The number of aromatic nitrogens is 4. The zero-order valence-electron chi connectivity index (χ0n) is 13.8. The third-order valence-electron chi connectivity index (χ3n) is 4.16. The summed E-state index contributed by atoms with van der Waals surface area (Å²) < 4.78 is 26.1. The Morgan fingerprint density at radius 2 is 2.32 bits per heavy atom. The molecule has 1 aliphatic heterocycles. The average molecular weight is 343 g/mol. The van der Waals surface area contributed by atoms with Crippen LogP contribution in [0.15, 0.2) is 30.6 Å². The van der Waals surface area contributed by atoms with Crippen LogP contribution < -0.4 is 10.1 Å². The number of hydrogen-bond acceptors (Lipinski definition) is 6. The Morgan fingerprint density at radius 3 is 3.20 bits per heavy atom. The molecule has 3 heterocycles. The number of halogens is 1. The lowest BCUT2D eigenvalue weighted by Gasteiger charge is -2.20. The predicted molar refractivity (Wildman–Crippen MR) is 89.0 cm³/mol. The van der Waals surface area contributed by atoms with E-state index in [1.807, 2.05) is 6.07 Å². The lowest BCUT2D eigenvalue weighted by Crippen LogP contribution is -2.14. The summed E-state index contributed by atoms with van der Waals surface area (Å²) in [5.74, 6) is 1.54.